The summed E-state index contributed by atoms with van der Waals surface area (Å²) in [6.45, 7) is 4.94. The molecule has 2 aliphatic heterocycles. The molecule has 0 unspecified atom stereocenters. The average molecular weight is 383 g/mol. The van der Waals surface area contributed by atoms with Gasteiger partial charge in [0, 0.05) is 26.3 Å². The van der Waals surface area contributed by atoms with Crippen molar-refractivity contribution < 1.29 is 0 Å². The molecule has 0 atom stereocenters. The van der Waals surface area contributed by atoms with Crippen LogP contribution < -0.4 is 16.1 Å². The molecule has 0 aliphatic carbocycles. The number of unbranched alkanes of at least 4 members (excludes halogenated alkanes) is 5. The number of fused-ring (bicyclic) bond motifs is 2. The first kappa shape index (κ1) is 20.0. The maximum Gasteiger partial charge on any atom is 0.349 e. The van der Waals surface area contributed by atoms with Gasteiger partial charge >= 0.3 is 5.69 Å². The van der Waals surface area contributed by atoms with E-state index < -0.39 is 11.2 Å². The van der Waals surface area contributed by atoms with Crippen molar-refractivity contribution in [1.82, 2.24) is 19.5 Å². The SMILES string of the molecule is CCCCCCCCn1c2nc(=O)[nH]c(=O)c-2nc2cc(C)c(N(C)C)cc21. The Hall–Kier alpha value is -2.70. The molecule has 1 aromatic rings. The van der Waals surface area contributed by atoms with E-state index in [0.717, 1.165) is 35.1 Å². The minimum Gasteiger partial charge on any atom is -0.377 e. The molecule has 0 amide bonds. The Morgan fingerprint density at radius 1 is 1.04 bits per heavy atom. The lowest BCUT2D eigenvalue weighted by atomic mass is 10.1. The zero-order valence-electron chi connectivity index (χ0n) is 17.2. The highest BCUT2D eigenvalue weighted by Gasteiger charge is 2.19. The number of hydrogen-bond donors (Lipinski definition) is 1. The fourth-order valence-corrected chi connectivity index (χ4v) is 3.69. The summed E-state index contributed by atoms with van der Waals surface area (Å²) in [4.78, 5) is 37.1. The van der Waals surface area contributed by atoms with Crippen molar-refractivity contribution in [3.8, 4) is 11.5 Å². The Labute approximate surface area is 164 Å². The van der Waals surface area contributed by atoms with Crippen molar-refractivity contribution in [1.29, 1.82) is 0 Å². The maximum atomic E-state index is 12.3. The first-order chi connectivity index (χ1) is 13.4. The van der Waals surface area contributed by atoms with Crippen molar-refractivity contribution in [3.63, 3.8) is 0 Å². The predicted octanol–water partition coefficient (Wildman–Crippen LogP) is 3.32. The molecule has 1 aromatic carbocycles. The van der Waals surface area contributed by atoms with Crippen LogP contribution in [0.25, 0.3) is 22.6 Å². The summed E-state index contributed by atoms with van der Waals surface area (Å²) in [6.07, 6.45) is 6.99. The van der Waals surface area contributed by atoms with Crippen LogP contribution in [0.5, 0.6) is 0 Å². The van der Waals surface area contributed by atoms with Crippen LogP contribution in [-0.4, -0.2) is 33.6 Å². The van der Waals surface area contributed by atoms with Crippen LogP contribution in [0, 0.1) is 6.92 Å². The van der Waals surface area contributed by atoms with Crippen molar-refractivity contribution >= 4 is 16.7 Å². The van der Waals surface area contributed by atoms with Crippen LogP contribution in [0.1, 0.15) is 51.0 Å². The number of aryl methyl sites for hydroxylation is 2. The van der Waals surface area contributed by atoms with Gasteiger partial charge in [-0.2, -0.15) is 4.98 Å². The number of rotatable bonds is 8. The molecular weight excluding hydrogens is 354 g/mol. The first-order valence-corrected chi connectivity index (χ1v) is 10.0. The summed E-state index contributed by atoms with van der Waals surface area (Å²) < 4.78 is 1.99. The molecule has 0 spiro atoms. The van der Waals surface area contributed by atoms with Crippen molar-refractivity contribution in [2.75, 3.05) is 19.0 Å². The Bertz CT molecular complexity index is 1050. The molecule has 0 saturated heterocycles. The molecule has 2 heterocycles. The molecule has 0 bridgehead atoms. The number of nitrogens with zero attached hydrogens (tertiary/aromatic N) is 4. The molecule has 2 aliphatic rings. The monoisotopic (exact) mass is 383 g/mol. The van der Waals surface area contributed by atoms with Gasteiger partial charge in [0.25, 0.3) is 5.56 Å². The van der Waals surface area contributed by atoms with E-state index in [-0.39, 0.29) is 5.69 Å². The van der Waals surface area contributed by atoms with Crippen LogP contribution in [0.4, 0.5) is 5.69 Å². The summed E-state index contributed by atoms with van der Waals surface area (Å²) >= 11 is 0. The molecule has 0 fully saturated rings. The van der Waals surface area contributed by atoms with Gasteiger partial charge in [0.05, 0.1) is 11.0 Å². The fourth-order valence-electron chi connectivity index (χ4n) is 3.69. The zero-order valence-corrected chi connectivity index (χ0v) is 17.2. The summed E-state index contributed by atoms with van der Waals surface area (Å²) in [5.41, 5.74) is 2.91. The third-order valence-electron chi connectivity index (χ3n) is 5.14. The lowest BCUT2D eigenvalue weighted by Crippen LogP contribution is -2.29. The maximum absolute atomic E-state index is 12.3. The lowest BCUT2D eigenvalue weighted by Gasteiger charge is -2.21. The van der Waals surface area contributed by atoms with Crippen molar-refractivity contribution in [3.05, 3.63) is 38.5 Å². The van der Waals surface area contributed by atoms with Crippen LogP contribution in [0.15, 0.2) is 21.7 Å². The number of benzene rings is 1. The molecule has 1 N–H and O–H groups in total. The summed E-state index contributed by atoms with van der Waals surface area (Å²) in [5.74, 6) is 0.364. The van der Waals surface area contributed by atoms with E-state index in [2.05, 4.69) is 32.8 Å². The molecular formula is C21H29N5O2. The third-order valence-corrected chi connectivity index (χ3v) is 5.14. The second-order valence-corrected chi connectivity index (χ2v) is 7.60. The van der Waals surface area contributed by atoms with Gasteiger partial charge in [-0.3, -0.25) is 9.78 Å². The van der Waals surface area contributed by atoms with E-state index in [1.165, 1.54) is 25.7 Å². The lowest BCUT2D eigenvalue weighted by molar-refractivity contribution is 0.562. The minimum atomic E-state index is -0.629. The average Bonchev–Trinajstić information content (AvgIpc) is 2.63. The summed E-state index contributed by atoms with van der Waals surface area (Å²) in [5, 5.41) is 0. The molecule has 0 aromatic heterocycles. The molecule has 7 heteroatoms. The molecule has 7 nitrogen and oxygen atoms in total. The Kier molecular flexibility index (Phi) is 6.11. The fraction of sp³-hybridized carbons (Fsp3) is 0.524. The van der Waals surface area contributed by atoms with E-state index in [4.69, 9.17) is 0 Å². The topological polar surface area (TPSA) is 83.9 Å². The standard InChI is InChI=1S/C21H29N5O2/c1-5-6-7-8-9-10-11-26-17-13-16(25(3)4)14(2)12-15(17)22-18-19(26)23-21(28)24-20(18)27/h12-13H,5-11H2,1-4H3,(H,24,27,28). The van der Waals surface area contributed by atoms with Gasteiger partial charge in [0.2, 0.25) is 0 Å². The Morgan fingerprint density at radius 3 is 2.46 bits per heavy atom. The number of aromatic amines is 1. The highest BCUT2D eigenvalue weighted by atomic mass is 16.2. The zero-order chi connectivity index (χ0) is 20.3. The van der Waals surface area contributed by atoms with Crippen LogP contribution in [0.3, 0.4) is 0 Å². The number of aromatic nitrogens is 4. The number of anilines is 1. The Balaban J connectivity index is 2.10. The van der Waals surface area contributed by atoms with E-state index in [1.54, 1.807) is 0 Å². The van der Waals surface area contributed by atoms with E-state index in [9.17, 15) is 9.59 Å². The van der Waals surface area contributed by atoms with Crippen LogP contribution >= 0.6 is 0 Å². The van der Waals surface area contributed by atoms with Gasteiger partial charge in [-0.25, -0.2) is 9.78 Å². The number of H-pyrrole nitrogens is 1. The van der Waals surface area contributed by atoms with Crippen LogP contribution in [-0.2, 0) is 6.54 Å². The number of nitrogens with one attached hydrogen (secondary N) is 1. The molecule has 3 rings (SSSR count). The highest BCUT2D eigenvalue weighted by molar-refractivity contribution is 5.84. The normalized spacial score (nSPS) is 11.4. The van der Waals surface area contributed by atoms with E-state index in [0.29, 0.717) is 12.4 Å². The van der Waals surface area contributed by atoms with E-state index in [1.807, 2.05) is 31.7 Å². The highest BCUT2D eigenvalue weighted by Crippen LogP contribution is 2.28. The molecule has 150 valence electrons. The molecule has 0 saturated carbocycles. The first-order valence-electron chi connectivity index (χ1n) is 10.0. The van der Waals surface area contributed by atoms with Crippen molar-refractivity contribution in [2.45, 2.75) is 58.9 Å². The summed E-state index contributed by atoms with van der Waals surface area (Å²) in [6, 6.07) is 4.06. The van der Waals surface area contributed by atoms with Gasteiger partial charge in [-0.05, 0) is 31.0 Å². The number of hydrogen-bond acceptors (Lipinski definition) is 5. The van der Waals surface area contributed by atoms with Gasteiger partial charge in [-0.15, -0.1) is 0 Å². The second kappa shape index (κ2) is 8.54. The van der Waals surface area contributed by atoms with Crippen LogP contribution in [0.2, 0.25) is 0 Å². The third kappa shape index (κ3) is 4.08. The van der Waals surface area contributed by atoms with Gasteiger partial charge in [0.15, 0.2) is 11.5 Å². The minimum absolute atomic E-state index is 0.218. The van der Waals surface area contributed by atoms with Gasteiger partial charge in [-0.1, -0.05) is 39.0 Å². The summed E-state index contributed by atoms with van der Waals surface area (Å²) in [7, 11) is 4.00. The second-order valence-electron chi connectivity index (χ2n) is 7.60. The van der Waals surface area contributed by atoms with E-state index >= 15 is 0 Å². The predicted molar refractivity (Wildman–Crippen MR) is 113 cm³/mol. The quantitative estimate of drug-likeness (QED) is 0.476. The van der Waals surface area contributed by atoms with Gasteiger partial charge in [0.1, 0.15) is 0 Å². The molecule has 0 radical (unpaired) electrons. The van der Waals surface area contributed by atoms with Gasteiger partial charge < -0.3 is 9.47 Å². The largest absolute Gasteiger partial charge is 0.377 e. The molecule has 28 heavy (non-hydrogen) atoms. The van der Waals surface area contributed by atoms with Crippen molar-refractivity contribution in [2.24, 2.45) is 0 Å². The Morgan fingerprint density at radius 2 is 1.75 bits per heavy atom. The smallest absolute Gasteiger partial charge is 0.349 e.